The second-order valence-electron chi connectivity index (χ2n) is 5.99. The van der Waals surface area contributed by atoms with Crippen LogP contribution in [0.1, 0.15) is 22.8 Å². The zero-order valence-corrected chi connectivity index (χ0v) is 15.4. The average molecular weight is 401 g/mol. The van der Waals surface area contributed by atoms with Gasteiger partial charge in [0.05, 0.1) is 10.5 Å². The molecule has 0 aromatic heterocycles. The first-order valence-corrected chi connectivity index (χ1v) is 10.6. The highest BCUT2D eigenvalue weighted by molar-refractivity contribution is 7.99. The highest BCUT2D eigenvalue weighted by Crippen LogP contribution is 2.36. The summed E-state index contributed by atoms with van der Waals surface area (Å²) in [4.78, 5) is -0.103. The Morgan fingerprint density at radius 3 is 2.23 bits per heavy atom. The summed E-state index contributed by atoms with van der Waals surface area (Å²) in [6.07, 6.45) is -3.82. The fraction of sp³-hybridized carbons (Fsp3) is 0.333. The van der Waals surface area contributed by atoms with Crippen molar-refractivity contribution in [2.45, 2.75) is 22.7 Å². The number of nitrogens with zero attached hydrogens (tertiary/aromatic N) is 1. The van der Waals surface area contributed by atoms with E-state index < -0.39 is 21.8 Å². The standard InChI is InChI=1S/C18H18F3NO2S2/c19-18(20,21)15-6-8-16(9-7-15)26(23,24)22-11-10-17(25-13-12-22)14-4-2-1-3-5-14/h1-9,17H,10-13H2. The first-order valence-electron chi connectivity index (χ1n) is 8.12. The van der Waals surface area contributed by atoms with Crippen LogP contribution in [-0.4, -0.2) is 31.6 Å². The first-order chi connectivity index (χ1) is 12.3. The van der Waals surface area contributed by atoms with E-state index in [0.29, 0.717) is 25.3 Å². The van der Waals surface area contributed by atoms with E-state index in [2.05, 4.69) is 0 Å². The number of alkyl halides is 3. The Morgan fingerprint density at radius 2 is 1.62 bits per heavy atom. The third-order valence-electron chi connectivity index (χ3n) is 4.29. The third kappa shape index (κ3) is 4.24. The number of benzene rings is 2. The quantitative estimate of drug-likeness (QED) is 0.756. The van der Waals surface area contributed by atoms with Crippen LogP contribution in [0, 0.1) is 0 Å². The monoisotopic (exact) mass is 401 g/mol. The summed E-state index contributed by atoms with van der Waals surface area (Å²) in [7, 11) is -3.80. The third-order valence-corrected chi connectivity index (χ3v) is 7.53. The minimum absolute atomic E-state index is 0.103. The van der Waals surface area contributed by atoms with Gasteiger partial charge in [-0.25, -0.2) is 8.42 Å². The molecule has 1 aliphatic rings. The number of hydrogen-bond donors (Lipinski definition) is 0. The maximum atomic E-state index is 12.8. The lowest BCUT2D eigenvalue weighted by Crippen LogP contribution is -2.33. The summed E-state index contributed by atoms with van der Waals surface area (Å²) in [6, 6.07) is 13.6. The highest BCUT2D eigenvalue weighted by Gasteiger charge is 2.32. The summed E-state index contributed by atoms with van der Waals surface area (Å²) < 4.78 is 64.9. The molecule has 0 aliphatic carbocycles. The maximum Gasteiger partial charge on any atom is 0.416 e. The average Bonchev–Trinajstić information content (AvgIpc) is 2.88. The molecule has 0 spiro atoms. The predicted octanol–water partition coefficient (Wildman–Crippen LogP) is 4.57. The molecular weight excluding hydrogens is 383 g/mol. The van der Waals surface area contributed by atoms with Crippen LogP contribution in [0.15, 0.2) is 59.5 Å². The fourth-order valence-electron chi connectivity index (χ4n) is 2.89. The van der Waals surface area contributed by atoms with Gasteiger partial charge >= 0.3 is 6.18 Å². The predicted molar refractivity (Wildman–Crippen MR) is 96.5 cm³/mol. The molecule has 1 aliphatic heterocycles. The van der Waals surface area contributed by atoms with Crippen LogP contribution in [0.5, 0.6) is 0 Å². The molecule has 0 N–H and O–H groups in total. The molecule has 0 bridgehead atoms. The molecule has 0 amide bonds. The van der Waals surface area contributed by atoms with Gasteiger partial charge in [0.25, 0.3) is 0 Å². The Bertz CT molecular complexity index is 837. The van der Waals surface area contributed by atoms with E-state index in [1.807, 2.05) is 30.3 Å². The van der Waals surface area contributed by atoms with Crippen LogP contribution >= 0.6 is 11.8 Å². The van der Waals surface area contributed by atoms with E-state index in [0.717, 1.165) is 29.8 Å². The normalized spacial score (nSPS) is 19.9. The van der Waals surface area contributed by atoms with E-state index in [1.165, 1.54) is 4.31 Å². The number of halogens is 3. The molecule has 2 aromatic rings. The molecule has 1 heterocycles. The second kappa shape index (κ2) is 7.62. The minimum Gasteiger partial charge on any atom is -0.207 e. The van der Waals surface area contributed by atoms with Crippen molar-refractivity contribution in [2.24, 2.45) is 0 Å². The Kier molecular flexibility index (Phi) is 5.64. The van der Waals surface area contributed by atoms with E-state index in [1.54, 1.807) is 11.8 Å². The number of rotatable bonds is 3. The van der Waals surface area contributed by atoms with Crippen molar-refractivity contribution in [2.75, 3.05) is 18.8 Å². The topological polar surface area (TPSA) is 37.4 Å². The van der Waals surface area contributed by atoms with E-state index in [4.69, 9.17) is 0 Å². The zero-order valence-electron chi connectivity index (χ0n) is 13.8. The van der Waals surface area contributed by atoms with Crippen LogP contribution < -0.4 is 0 Å². The molecular formula is C18H18F3NO2S2. The molecule has 0 saturated carbocycles. The van der Waals surface area contributed by atoms with Gasteiger partial charge in [-0.05, 0) is 36.2 Å². The van der Waals surface area contributed by atoms with E-state index in [9.17, 15) is 21.6 Å². The van der Waals surface area contributed by atoms with Crippen molar-refractivity contribution in [3.05, 3.63) is 65.7 Å². The summed E-state index contributed by atoms with van der Waals surface area (Å²) in [6.45, 7) is 0.688. The zero-order chi connectivity index (χ0) is 18.8. The van der Waals surface area contributed by atoms with Gasteiger partial charge in [0.15, 0.2) is 0 Å². The molecule has 140 valence electrons. The number of sulfonamides is 1. The molecule has 1 unspecified atom stereocenters. The number of thioether (sulfide) groups is 1. The fourth-order valence-corrected chi connectivity index (χ4v) is 5.69. The summed E-state index contributed by atoms with van der Waals surface area (Å²) in [5.74, 6) is 0.638. The van der Waals surface area contributed by atoms with E-state index in [-0.39, 0.29) is 10.1 Å². The van der Waals surface area contributed by atoms with Gasteiger partial charge in [0.1, 0.15) is 0 Å². The molecule has 1 atom stereocenters. The van der Waals surface area contributed by atoms with Crippen LogP contribution in [0.3, 0.4) is 0 Å². The molecule has 2 aromatic carbocycles. The molecule has 0 radical (unpaired) electrons. The van der Waals surface area contributed by atoms with Crippen LogP contribution in [0.4, 0.5) is 13.2 Å². The molecule has 26 heavy (non-hydrogen) atoms. The first kappa shape index (κ1) is 19.3. The lowest BCUT2D eigenvalue weighted by atomic mass is 10.1. The van der Waals surface area contributed by atoms with Gasteiger partial charge in [0, 0.05) is 24.1 Å². The Morgan fingerprint density at radius 1 is 0.962 bits per heavy atom. The number of hydrogen-bond acceptors (Lipinski definition) is 3. The van der Waals surface area contributed by atoms with Gasteiger partial charge in [-0.1, -0.05) is 30.3 Å². The maximum absolute atomic E-state index is 12.8. The van der Waals surface area contributed by atoms with Gasteiger partial charge in [-0.2, -0.15) is 29.2 Å². The molecule has 8 heteroatoms. The summed E-state index contributed by atoms with van der Waals surface area (Å²) in [5.41, 5.74) is 0.304. The highest BCUT2D eigenvalue weighted by atomic mass is 32.2. The summed E-state index contributed by atoms with van der Waals surface area (Å²) >= 11 is 1.70. The lowest BCUT2D eigenvalue weighted by molar-refractivity contribution is -0.137. The van der Waals surface area contributed by atoms with Crippen LogP contribution in [0.25, 0.3) is 0 Å². The lowest BCUT2D eigenvalue weighted by Gasteiger charge is -2.20. The second-order valence-corrected chi connectivity index (χ2v) is 9.23. The van der Waals surface area contributed by atoms with E-state index >= 15 is 0 Å². The smallest absolute Gasteiger partial charge is 0.207 e. The molecule has 3 rings (SSSR count). The van der Waals surface area contributed by atoms with Crippen molar-refractivity contribution < 1.29 is 21.6 Å². The molecule has 1 saturated heterocycles. The largest absolute Gasteiger partial charge is 0.416 e. The Labute approximate surface area is 155 Å². The van der Waals surface area contributed by atoms with Gasteiger partial charge in [-0.15, -0.1) is 0 Å². The van der Waals surface area contributed by atoms with Crippen molar-refractivity contribution >= 4 is 21.8 Å². The van der Waals surface area contributed by atoms with Crippen molar-refractivity contribution in [1.29, 1.82) is 0 Å². The Hall–Kier alpha value is -1.51. The van der Waals surface area contributed by atoms with Crippen molar-refractivity contribution in [3.63, 3.8) is 0 Å². The van der Waals surface area contributed by atoms with Gasteiger partial charge in [0.2, 0.25) is 10.0 Å². The summed E-state index contributed by atoms with van der Waals surface area (Å²) in [5, 5.41) is 0.212. The van der Waals surface area contributed by atoms with Crippen molar-refractivity contribution in [3.8, 4) is 0 Å². The van der Waals surface area contributed by atoms with Gasteiger partial charge < -0.3 is 0 Å². The molecule has 3 nitrogen and oxygen atoms in total. The Balaban J connectivity index is 1.75. The van der Waals surface area contributed by atoms with Crippen LogP contribution in [0.2, 0.25) is 0 Å². The minimum atomic E-state index is -4.48. The molecule has 1 fully saturated rings. The van der Waals surface area contributed by atoms with Gasteiger partial charge in [-0.3, -0.25) is 0 Å². The van der Waals surface area contributed by atoms with Crippen molar-refractivity contribution in [1.82, 2.24) is 4.31 Å². The SMILES string of the molecule is O=S(=O)(c1ccc(C(F)(F)F)cc1)N1CCSC(c2ccccc2)CC1. The van der Waals surface area contributed by atoms with Crippen LogP contribution in [-0.2, 0) is 16.2 Å².